The lowest BCUT2D eigenvalue weighted by Crippen LogP contribution is -2.17. The molecule has 6 nitrogen and oxygen atoms in total. The molecule has 5 aromatic rings. The smallest absolute Gasteiger partial charge is 0.238 e. The molecular weight excluding hydrogens is 583 g/mol. The average molecular weight is 615 g/mol. The van der Waals surface area contributed by atoms with Crippen LogP contribution in [0, 0.1) is 3.57 Å². The number of hydrogen-bond donors (Lipinski definition) is 4. The highest BCUT2D eigenvalue weighted by molar-refractivity contribution is 14.1. The van der Waals surface area contributed by atoms with Crippen LogP contribution < -0.4 is 10.9 Å². The van der Waals surface area contributed by atoms with Gasteiger partial charge in [-0.05, 0) is 95.3 Å². The van der Waals surface area contributed by atoms with Crippen LogP contribution in [0.2, 0.25) is 0 Å². The van der Waals surface area contributed by atoms with Gasteiger partial charge in [0.1, 0.15) is 0 Å². The van der Waals surface area contributed by atoms with Gasteiger partial charge in [-0.1, -0.05) is 43.3 Å². The highest BCUT2D eigenvalue weighted by Crippen LogP contribution is 2.30. The zero-order valence-corrected chi connectivity index (χ0v) is 23.3. The number of sulfonamides is 1. The summed E-state index contributed by atoms with van der Waals surface area (Å²) in [6.07, 6.45) is 5.72. The molecule has 0 saturated carbocycles. The van der Waals surface area contributed by atoms with Crippen LogP contribution in [0.4, 0.5) is 0 Å². The summed E-state index contributed by atoms with van der Waals surface area (Å²) in [5.41, 5.74) is 11.3. The van der Waals surface area contributed by atoms with E-state index in [1.165, 1.54) is 27.4 Å². The number of aromatic nitrogens is 2. The molecule has 0 saturated heterocycles. The maximum absolute atomic E-state index is 11.9. The first-order valence-corrected chi connectivity index (χ1v) is 14.4. The zero-order valence-electron chi connectivity index (χ0n) is 20.3. The average Bonchev–Trinajstić information content (AvgIpc) is 3.43. The molecule has 6 N–H and O–H groups in total. The van der Waals surface area contributed by atoms with E-state index in [1.807, 2.05) is 56.6 Å². The number of benzene rings is 3. The Bertz CT molecular complexity index is 1590. The number of nitrogens with one attached hydrogen (secondary N) is 2. The first kappa shape index (κ1) is 26.4. The second kappa shape index (κ2) is 11.2. The Morgan fingerprint density at radius 2 is 1.36 bits per heavy atom. The van der Waals surface area contributed by atoms with Crippen LogP contribution in [0.3, 0.4) is 0 Å². The van der Waals surface area contributed by atoms with Crippen LogP contribution in [0.1, 0.15) is 36.5 Å². The van der Waals surface area contributed by atoms with Gasteiger partial charge in [0.25, 0.3) is 0 Å². The molecule has 2 atom stereocenters. The number of aromatic amines is 2. The van der Waals surface area contributed by atoms with Crippen molar-refractivity contribution in [1.29, 1.82) is 0 Å². The molecule has 0 bridgehead atoms. The van der Waals surface area contributed by atoms with Crippen LogP contribution in [0.25, 0.3) is 21.8 Å². The van der Waals surface area contributed by atoms with Crippen molar-refractivity contribution in [3.63, 3.8) is 0 Å². The summed E-state index contributed by atoms with van der Waals surface area (Å²) in [5, 5.41) is 7.83. The van der Waals surface area contributed by atoms with Crippen LogP contribution >= 0.6 is 22.6 Å². The normalized spacial score (nSPS) is 13.4. The molecule has 188 valence electrons. The minimum absolute atomic E-state index is 0.0391. The second-order valence-electron chi connectivity index (χ2n) is 9.23. The molecule has 0 aliphatic carbocycles. The number of para-hydroxylation sites is 2. The van der Waals surface area contributed by atoms with Gasteiger partial charge in [-0.2, -0.15) is 0 Å². The first-order valence-electron chi connectivity index (χ1n) is 11.8. The topological polar surface area (TPSA) is 118 Å². The summed E-state index contributed by atoms with van der Waals surface area (Å²) < 4.78 is 24.7. The quantitative estimate of drug-likeness (QED) is 0.181. The van der Waals surface area contributed by atoms with Crippen molar-refractivity contribution in [1.82, 2.24) is 9.97 Å². The van der Waals surface area contributed by atoms with E-state index in [1.54, 1.807) is 12.1 Å². The lowest BCUT2D eigenvalue weighted by molar-refractivity contribution is 0.594. The van der Waals surface area contributed by atoms with Gasteiger partial charge in [0.2, 0.25) is 10.0 Å². The molecule has 36 heavy (non-hydrogen) atoms. The number of rotatable bonds is 6. The number of H-pyrrole nitrogens is 2. The number of halogens is 1. The lowest BCUT2D eigenvalue weighted by atomic mass is 9.93. The predicted octanol–water partition coefficient (Wildman–Crippen LogP) is 5.82. The zero-order chi connectivity index (χ0) is 25.9. The van der Waals surface area contributed by atoms with Gasteiger partial charge in [0.05, 0.1) is 4.90 Å². The lowest BCUT2D eigenvalue weighted by Gasteiger charge is -2.16. The molecule has 0 aliphatic rings. The predicted molar refractivity (Wildman–Crippen MR) is 157 cm³/mol. The minimum Gasteiger partial charge on any atom is -0.361 e. The number of nitrogens with two attached hydrogens (primary N) is 2. The summed E-state index contributed by atoms with van der Waals surface area (Å²) in [6.45, 7) is 4.06. The highest BCUT2D eigenvalue weighted by Gasteiger charge is 2.20. The Morgan fingerprint density at radius 3 is 1.89 bits per heavy atom. The molecule has 0 aliphatic heterocycles. The fourth-order valence-electron chi connectivity index (χ4n) is 4.55. The van der Waals surface area contributed by atoms with E-state index in [2.05, 4.69) is 56.8 Å². The van der Waals surface area contributed by atoms with Gasteiger partial charge in [0.15, 0.2) is 0 Å². The molecule has 0 fully saturated rings. The van der Waals surface area contributed by atoms with E-state index in [4.69, 9.17) is 10.9 Å². The molecule has 0 amide bonds. The van der Waals surface area contributed by atoms with Crippen molar-refractivity contribution >= 4 is 54.4 Å². The van der Waals surface area contributed by atoms with E-state index in [-0.39, 0.29) is 16.9 Å². The van der Waals surface area contributed by atoms with Crippen molar-refractivity contribution in [3.05, 3.63) is 99.4 Å². The third kappa shape index (κ3) is 6.18. The van der Waals surface area contributed by atoms with E-state index in [9.17, 15) is 8.42 Å². The van der Waals surface area contributed by atoms with Gasteiger partial charge in [-0.15, -0.1) is 0 Å². The number of fused-ring (bicyclic) bond motifs is 2. The maximum atomic E-state index is 11.9. The Hall–Kier alpha value is -2.66. The fourth-order valence-corrected chi connectivity index (χ4v) is 5.91. The third-order valence-electron chi connectivity index (χ3n) is 6.23. The van der Waals surface area contributed by atoms with Gasteiger partial charge in [0, 0.05) is 43.8 Å². The monoisotopic (exact) mass is 614 g/mol. The summed E-state index contributed by atoms with van der Waals surface area (Å²) >= 11 is 2.19. The van der Waals surface area contributed by atoms with Crippen LogP contribution in [-0.2, 0) is 22.9 Å². The number of hydrogen-bond acceptors (Lipinski definition) is 3. The van der Waals surface area contributed by atoms with Crippen LogP contribution in [-0.4, -0.2) is 24.4 Å². The van der Waals surface area contributed by atoms with Gasteiger partial charge >= 0.3 is 0 Å². The molecule has 2 aromatic heterocycles. The van der Waals surface area contributed by atoms with Crippen molar-refractivity contribution in [3.8, 4) is 0 Å². The van der Waals surface area contributed by atoms with Crippen molar-refractivity contribution < 1.29 is 8.42 Å². The Kier molecular flexibility index (Phi) is 8.19. The minimum atomic E-state index is -3.73. The third-order valence-corrected chi connectivity index (χ3v) is 7.88. The number of primary sulfonamides is 1. The van der Waals surface area contributed by atoms with Crippen LogP contribution in [0.15, 0.2) is 84.0 Å². The van der Waals surface area contributed by atoms with Gasteiger partial charge < -0.3 is 15.7 Å². The Morgan fingerprint density at radius 1 is 0.833 bits per heavy atom. The summed E-state index contributed by atoms with van der Waals surface area (Å²) in [5.74, 6) is 0.0391. The molecule has 0 spiro atoms. The van der Waals surface area contributed by atoms with Crippen LogP contribution in [0.5, 0.6) is 0 Å². The van der Waals surface area contributed by atoms with E-state index in [0.29, 0.717) is 0 Å². The molecule has 3 aromatic carbocycles. The molecule has 2 heterocycles. The van der Waals surface area contributed by atoms with E-state index < -0.39 is 10.0 Å². The molecule has 2 unspecified atom stereocenters. The fraction of sp³-hybridized carbons (Fsp3) is 0.214. The molecule has 5 rings (SSSR count). The van der Waals surface area contributed by atoms with E-state index in [0.717, 1.165) is 27.5 Å². The standard InChI is InChI=1S/C17H17IN2O2S.C11H14N2/c1-11(8-12-10-20-16-5-3-2-4-14(12)16)15-9-13(18)6-7-17(15)23(19,21)22;1-8(12)6-9-7-13-11-5-3-2-4-10(9)11/h2-7,9-11,20H,8H2,1H3,(H2,19,21,22);2-5,7-8,13H,6,12H2,1H3. The van der Waals surface area contributed by atoms with Crippen molar-refractivity contribution in [2.75, 3.05) is 0 Å². The molecule has 8 heteroatoms. The summed E-state index contributed by atoms with van der Waals surface area (Å²) in [4.78, 5) is 6.71. The highest BCUT2D eigenvalue weighted by atomic mass is 127. The summed E-state index contributed by atoms with van der Waals surface area (Å²) in [7, 11) is -3.73. The van der Waals surface area contributed by atoms with Gasteiger partial charge in [-0.3, -0.25) is 0 Å². The first-order chi connectivity index (χ1) is 17.1. The van der Waals surface area contributed by atoms with Gasteiger partial charge in [-0.25, -0.2) is 13.6 Å². The Labute approximate surface area is 225 Å². The van der Waals surface area contributed by atoms with Crippen molar-refractivity contribution in [2.24, 2.45) is 10.9 Å². The van der Waals surface area contributed by atoms with Crippen molar-refractivity contribution in [2.45, 2.75) is 43.5 Å². The maximum Gasteiger partial charge on any atom is 0.238 e. The Balaban J connectivity index is 0.000000197. The SMILES string of the molecule is CC(Cc1c[nH]c2ccccc12)c1cc(I)ccc1S(N)(=O)=O.CC(N)Cc1c[nH]c2ccccc12. The second-order valence-corrected chi connectivity index (χ2v) is 12.0. The van der Waals surface area contributed by atoms with E-state index >= 15 is 0 Å². The molecule has 0 radical (unpaired) electrons. The summed E-state index contributed by atoms with van der Waals surface area (Å²) in [6, 6.07) is 21.9. The largest absolute Gasteiger partial charge is 0.361 e. The molecular formula is C28H31IN4O2S.